The quantitative estimate of drug-likeness (QED) is 0.836. The standard InChI is InChI=1S/C16H12O3/c17-14(11-6-2-1-3-7-11)10-15-12-8-4-5-9-13(12)16(18)19-15/h1-10,14,17H/b15-10+. The molecule has 19 heavy (non-hydrogen) atoms. The van der Waals surface area contributed by atoms with Crippen molar-refractivity contribution < 1.29 is 14.6 Å². The average Bonchev–Trinajstić information content (AvgIpc) is 2.77. The van der Waals surface area contributed by atoms with Gasteiger partial charge in [0, 0.05) is 5.56 Å². The van der Waals surface area contributed by atoms with Crippen LogP contribution in [0.15, 0.2) is 60.7 Å². The van der Waals surface area contributed by atoms with E-state index in [1.165, 1.54) is 0 Å². The molecule has 3 heteroatoms. The van der Waals surface area contributed by atoms with Crippen LogP contribution in [0.3, 0.4) is 0 Å². The van der Waals surface area contributed by atoms with Gasteiger partial charge in [-0.15, -0.1) is 0 Å². The minimum absolute atomic E-state index is 0.373. The molecule has 0 aliphatic carbocycles. The van der Waals surface area contributed by atoms with E-state index in [1.807, 2.05) is 42.5 Å². The number of benzene rings is 2. The third-order valence-electron chi connectivity index (χ3n) is 3.07. The molecule has 0 spiro atoms. The van der Waals surface area contributed by atoms with Gasteiger partial charge >= 0.3 is 5.97 Å². The molecular weight excluding hydrogens is 240 g/mol. The Kier molecular flexibility index (Phi) is 2.89. The fourth-order valence-electron chi connectivity index (χ4n) is 2.10. The molecule has 1 atom stereocenters. The zero-order chi connectivity index (χ0) is 13.2. The van der Waals surface area contributed by atoms with Crippen LogP contribution in [0, 0.1) is 0 Å². The number of esters is 1. The van der Waals surface area contributed by atoms with Crippen molar-refractivity contribution in [3.63, 3.8) is 0 Å². The lowest BCUT2D eigenvalue weighted by Gasteiger charge is -2.07. The highest BCUT2D eigenvalue weighted by atomic mass is 16.5. The lowest BCUT2D eigenvalue weighted by Crippen LogP contribution is -1.95. The molecule has 0 saturated carbocycles. The lowest BCUT2D eigenvalue weighted by atomic mass is 10.0. The van der Waals surface area contributed by atoms with Crippen molar-refractivity contribution in [3.8, 4) is 0 Å². The third kappa shape index (κ3) is 2.16. The van der Waals surface area contributed by atoms with Gasteiger partial charge in [0.25, 0.3) is 0 Å². The van der Waals surface area contributed by atoms with Crippen molar-refractivity contribution in [1.82, 2.24) is 0 Å². The van der Waals surface area contributed by atoms with E-state index in [0.29, 0.717) is 11.3 Å². The fraction of sp³-hybridized carbons (Fsp3) is 0.0625. The number of carbonyl (C=O) groups is 1. The van der Waals surface area contributed by atoms with Gasteiger partial charge in [-0.3, -0.25) is 0 Å². The second-order valence-electron chi connectivity index (χ2n) is 4.32. The van der Waals surface area contributed by atoms with Gasteiger partial charge in [-0.2, -0.15) is 0 Å². The Morgan fingerprint density at radius 3 is 2.32 bits per heavy atom. The first kappa shape index (κ1) is 11.7. The summed E-state index contributed by atoms with van der Waals surface area (Å²) >= 11 is 0. The van der Waals surface area contributed by atoms with E-state index < -0.39 is 6.10 Å². The molecule has 1 heterocycles. The highest BCUT2D eigenvalue weighted by Crippen LogP contribution is 2.31. The van der Waals surface area contributed by atoms with Crippen LogP contribution in [0.5, 0.6) is 0 Å². The van der Waals surface area contributed by atoms with Gasteiger partial charge < -0.3 is 9.84 Å². The summed E-state index contributed by atoms with van der Waals surface area (Å²) in [4.78, 5) is 11.6. The van der Waals surface area contributed by atoms with Gasteiger partial charge in [-0.25, -0.2) is 4.79 Å². The zero-order valence-corrected chi connectivity index (χ0v) is 10.1. The number of aliphatic hydroxyl groups excluding tert-OH is 1. The Bertz CT molecular complexity index is 644. The van der Waals surface area contributed by atoms with Crippen molar-refractivity contribution in [2.75, 3.05) is 0 Å². The number of carbonyl (C=O) groups excluding carboxylic acids is 1. The van der Waals surface area contributed by atoms with Crippen molar-refractivity contribution >= 4 is 11.7 Å². The molecule has 0 radical (unpaired) electrons. The molecule has 0 amide bonds. The summed E-state index contributed by atoms with van der Waals surface area (Å²) in [5.74, 6) is 0.0408. The van der Waals surface area contributed by atoms with Crippen molar-refractivity contribution in [2.24, 2.45) is 0 Å². The summed E-state index contributed by atoms with van der Waals surface area (Å²) in [5, 5.41) is 10.1. The highest BCUT2D eigenvalue weighted by Gasteiger charge is 2.26. The smallest absolute Gasteiger partial charge is 0.344 e. The molecule has 1 aliphatic heterocycles. The number of fused-ring (bicyclic) bond motifs is 1. The summed E-state index contributed by atoms with van der Waals surface area (Å²) in [7, 11) is 0. The molecule has 0 aromatic heterocycles. The number of rotatable bonds is 2. The van der Waals surface area contributed by atoms with E-state index in [-0.39, 0.29) is 5.97 Å². The Morgan fingerprint density at radius 2 is 1.58 bits per heavy atom. The molecule has 1 N–H and O–H groups in total. The van der Waals surface area contributed by atoms with E-state index in [4.69, 9.17) is 4.74 Å². The first-order valence-electron chi connectivity index (χ1n) is 6.02. The molecular formula is C16H12O3. The summed E-state index contributed by atoms with van der Waals surface area (Å²) in [5.41, 5.74) is 2.02. The van der Waals surface area contributed by atoms with E-state index in [9.17, 15) is 9.90 Å². The Hall–Kier alpha value is -2.39. The average molecular weight is 252 g/mol. The third-order valence-corrected chi connectivity index (χ3v) is 3.07. The van der Waals surface area contributed by atoms with Crippen LogP contribution in [-0.4, -0.2) is 11.1 Å². The van der Waals surface area contributed by atoms with Gasteiger partial charge in [0.2, 0.25) is 0 Å². The maximum absolute atomic E-state index is 11.6. The SMILES string of the molecule is O=C1O/C(=C/C(O)c2ccccc2)c2ccccc21. The Balaban J connectivity index is 1.96. The van der Waals surface area contributed by atoms with Crippen LogP contribution in [0.25, 0.3) is 5.76 Å². The van der Waals surface area contributed by atoms with Crippen molar-refractivity contribution in [2.45, 2.75) is 6.10 Å². The van der Waals surface area contributed by atoms with Crippen LogP contribution in [0.4, 0.5) is 0 Å². The van der Waals surface area contributed by atoms with Gasteiger partial charge in [0.1, 0.15) is 11.9 Å². The number of hydrogen-bond donors (Lipinski definition) is 1. The predicted octanol–water partition coefficient (Wildman–Crippen LogP) is 2.93. The first-order valence-corrected chi connectivity index (χ1v) is 6.02. The van der Waals surface area contributed by atoms with E-state index >= 15 is 0 Å². The largest absolute Gasteiger partial charge is 0.422 e. The van der Waals surface area contributed by atoms with E-state index in [2.05, 4.69) is 0 Å². The van der Waals surface area contributed by atoms with Gasteiger partial charge in [0.05, 0.1) is 5.56 Å². The second-order valence-corrected chi connectivity index (χ2v) is 4.32. The van der Waals surface area contributed by atoms with Crippen molar-refractivity contribution in [3.05, 3.63) is 77.4 Å². The number of cyclic esters (lactones) is 1. The van der Waals surface area contributed by atoms with Crippen LogP contribution in [0.1, 0.15) is 27.6 Å². The van der Waals surface area contributed by atoms with Gasteiger partial charge in [-0.1, -0.05) is 48.5 Å². The molecule has 2 aromatic rings. The highest BCUT2D eigenvalue weighted by molar-refractivity contribution is 6.02. The predicted molar refractivity (Wildman–Crippen MR) is 71.2 cm³/mol. The molecule has 2 aromatic carbocycles. The summed E-state index contributed by atoms with van der Waals surface area (Å²) in [6.45, 7) is 0. The van der Waals surface area contributed by atoms with Crippen LogP contribution >= 0.6 is 0 Å². The molecule has 94 valence electrons. The molecule has 0 bridgehead atoms. The molecule has 3 rings (SSSR count). The van der Waals surface area contributed by atoms with Crippen LogP contribution < -0.4 is 0 Å². The summed E-state index contributed by atoms with van der Waals surface area (Å²) < 4.78 is 5.19. The number of ether oxygens (including phenoxy) is 1. The van der Waals surface area contributed by atoms with Gasteiger partial charge in [0.15, 0.2) is 0 Å². The summed E-state index contributed by atoms with van der Waals surface area (Å²) in [6.07, 6.45) is 0.758. The maximum Gasteiger partial charge on any atom is 0.344 e. The Morgan fingerprint density at radius 1 is 0.947 bits per heavy atom. The number of aliphatic hydroxyl groups is 1. The lowest BCUT2D eigenvalue weighted by molar-refractivity contribution is 0.0713. The molecule has 0 saturated heterocycles. The minimum atomic E-state index is -0.796. The monoisotopic (exact) mass is 252 g/mol. The first-order chi connectivity index (χ1) is 9.25. The topological polar surface area (TPSA) is 46.5 Å². The Labute approximate surface area is 110 Å². The zero-order valence-electron chi connectivity index (χ0n) is 10.1. The molecule has 0 fully saturated rings. The fourth-order valence-corrected chi connectivity index (χ4v) is 2.10. The van der Waals surface area contributed by atoms with E-state index in [1.54, 1.807) is 18.2 Å². The van der Waals surface area contributed by atoms with Crippen LogP contribution in [-0.2, 0) is 4.74 Å². The molecule has 3 nitrogen and oxygen atoms in total. The van der Waals surface area contributed by atoms with E-state index in [0.717, 1.165) is 11.1 Å². The molecule has 1 aliphatic rings. The summed E-state index contributed by atoms with van der Waals surface area (Å²) in [6, 6.07) is 16.4. The second kappa shape index (κ2) is 4.71. The van der Waals surface area contributed by atoms with Gasteiger partial charge in [-0.05, 0) is 17.7 Å². The van der Waals surface area contributed by atoms with Crippen molar-refractivity contribution in [1.29, 1.82) is 0 Å². The minimum Gasteiger partial charge on any atom is -0.422 e. The van der Waals surface area contributed by atoms with Crippen LogP contribution in [0.2, 0.25) is 0 Å². The number of hydrogen-bond acceptors (Lipinski definition) is 3. The molecule has 1 unspecified atom stereocenters. The maximum atomic E-state index is 11.6. The normalized spacial score (nSPS) is 17.1.